The zero-order valence-corrected chi connectivity index (χ0v) is 20.3. The lowest BCUT2D eigenvalue weighted by molar-refractivity contribution is -0.140. The Morgan fingerprint density at radius 3 is 2.74 bits per heavy atom. The molecule has 0 bridgehead atoms. The third kappa shape index (κ3) is 5.59. The van der Waals surface area contributed by atoms with Crippen LogP contribution in [0.25, 0.3) is 11.0 Å². The van der Waals surface area contributed by atoms with Gasteiger partial charge in [0.15, 0.2) is 5.82 Å². The highest BCUT2D eigenvalue weighted by Gasteiger charge is 2.33. The Bertz CT molecular complexity index is 985. The number of nitrogens with zero attached hydrogens (tertiary/aromatic N) is 4. The third-order valence-electron chi connectivity index (χ3n) is 6.63. The molecule has 0 spiro atoms. The number of piperidine rings is 1. The molecule has 2 saturated heterocycles. The van der Waals surface area contributed by atoms with Crippen molar-refractivity contribution in [3.8, 4) is 0 Å². The number of imidazole rings is 1. The van der Waals surface area contributed by atoms with E-state index < -0.39 is 0 Å². The van der Waals surface area contributed by atoms with Gasteiger partial charge in [0.25, 0.3) is 5.91 Å². The Balaban J connectivity index is 1.51. The predicted molar refractivity (Wildman–Crippen MR) is 129 cm³/mol. The molecule has 2 fully saturated rings. The van der Waals surface area contributed by atoms with Crippen LogP contribution in [0.4, 0.5) is 0 Å². The molecule has 2 aliphatic rings. The van der Waals surface area contributed by atoms with Crippen molar-refractivity contribution >= 4 is 22.8 Å². The molecule has 0 aliphatic carbocycles. The molecule has 4 rings (SSSR count). The number of rotatable bonds is 8. The van der Waals surface area contributed by atoms with Crippen LogP contribution in [0.15, 0.2) is 24.3 Å². The Morgan fingerprint density at radius 1 is 1.24 bits per heavy atom. The number of hydrogen-bond acceptors (Lipinski definition) is 6. The highest BCUT2D eigenvalue weighted by Crippen LogP contribution is 2.23. The van der Waals surface area contributed by atoms with Crippen molar-refractivity contribution in [2.24, 2.45) is 17.8 Å². The van der Waals surface area contributed by atoms with E-state index >= 15 is 0 Å². The molecule has 3 heterocycles. The third-order valence-corrected chi connectivity index (χ3v) is 6.63. The number of carbonyl (C=O) groups is 2. The summed E-state index contributed by atoms with van der Waals surface area (Å²) in [4.78, 5) is 35.2. The number of nitrogens with one attached hydrogen (secondary N) is 1. The summed E-state index contributed by atoms with van der Waals surface area (Å²) in [5.41, 5.74) is 1.60. The normalized spacial score (nSPS) is 21.2. The number of carbonyl (C=O) groups excluding carboxylic acids is 2. The molecule has 2 aromatic rings. The maximum absolute atomic E-state index is 13.7. The second-order valence-corrected chi connectivity index (χ2v) is 9.80. The summed E-state index contributed by atoms with van der Waals surface area (Å²) in [7, 11) is 0. The molecule has 0 saturated carbocycles. The number of benzene rings is 1. The molecule has 2 atom stereocenters. The molecular weight excluding hydrogens is 434 g/mol. The summed E-state index contributed by atoms with van der Waals surface area (Å²) >= 11 is 0. The summed E-state index contributed by atoms with van der Waals surface area (Å²) in [6.45, 7) is 9.58. The van der Waals surface area contributed by atoms with Crippen LogP contribution < -0.4 is 5.32 Å². The first-order valence-electron chi connectivity index (χ1n) is 12.4. The quantitative estimate of drug-likeness (QED) is 0.600. The van der Waals surface area contributed by atoms with E-state index in [4.69, 9.17) is 4.74 Å². The summed E-state index contributed by atoms with van der Waals surface area (Å²) in [6, 6.07) is 7.63. The first-order chi connectivity index (χ1) is 16.5. The van der Waals surface area contributed by atoms with Crippen molar-refractivity contribution in [1.82, 2.24) is 24.7 Å². The van der Waals surface area contributed by atoms with Crippen LogP contribution in [-0.4, -0.2) is 95.4 Å². The smallest absolute Gasteiger partial charge is 0.289 e. The van der Waals surface area contributed by atoms with E-state index in [1.165, 1.54) is 0 Å². The van der Waals surface area contributed by atoms with E-state index in [0.29, 0.717) is 64.2 Å². The number of ether oxygens (including phenoxy) is 1. The maximum Gasteiger partial charge on any atom is 0.289 e. The molecule has 1 aromatic carbocycles. The van der Waals surface area contributed by atoms with Crippen LogP contribution in [0.5, 0.6) is 0 Å². The van der Waals surface area contributed by atoms with E-state index in [1.54, 1.807) is 0 Å². The first-order valence-corrected chi connectivity index (χ1v) is 12.4. The van der Waals surface area contributed by atoms with Crippen molar-refractivity contribution in [3.63, 3.8) is 0 Å². The van der Waals surface area contributed by atoms with Gasteiger partial charge in [-0.1, -0.05) is 26.0 Å². The zero-order valence-electron chi connectivity index (χ0n) is 20.3. The van der Waals surface area contributed by atoms with Gasteiger partial charge in [-0.05, 0) is 36.9 Å². The van der Waals surface area contributed by atoms with Gasteiger partial charge in [0, 0.05) is 39.3 Å². The number of aliphatic hydroxyl groups is 1. The predicted octanol–water partition coefficient (Wildman–Crippen LogP) is 1.21. The standard InChI is InChI=1S/C25H37N5O4/c1-18(2)16-29(25(33)23-27-21-5-3-4-6-22(21)30(23)7-10-31)17-19-13-20(15-26-14-19)24(32)28-8-11-34-12-9-28/h3-6,18-20,26,31H,7-17H2,1-2H3. The minimum absolute atomic E-state index is 0.0668. The zero-order chi connectivity index (χ0) is 24.1. The fourth-order valence-electron chi connectivity index (χ4n) is 5.10. The van der Waals surface area contributed by atoms with Gasteiger partial charge in [-0.3, -0.25) is 9.59 Å². The van der Waals surface area contributed by atoms with Crippen molar-refractivity contribution in [2.75, 3.05) is 59.1 Å². The van der Waals surface area contributed by atoms with Crippen molar-refractivity contribution in [3.05, 3.63) is 30.1 Å². The van der Waals surface area contributed by atoms with Crippen LogP contribution in [0.3, 0.4) is 0 Å². The SMILES string of the molecule is CC(C)CN(CC1CNCC(C(=O)N2CCOCC2)C1)C(=O)c1nc2ccccc2n1CCO. The molecular formula is C25H37N5O4. The average Bonchev–Trinajstić information content (AvgIpc) is 3.22. The van der Waals surface area contributed by atoms with E-state index in [2.05, 4.69) is 24.1 Å². The number of para-hydroxylation sites is 2. The van der Waals surface area contributed by atoms with Gasteiger partial charge < -0.3 is 29.5 Å². The first kappa shape index (κ1) is 24.6. The van der Waals surface area contributed by atoms with Crippen molar-refractivity contribution < 1.29 is 19.4 Å². The number of fused-ring (bicyclic) bond motifs is 1. The molecule has 1 aromatic heterocycles. The Kier molecular flexibility index (Phi) is 8.18. The highest BCUT2D eigenvalue weighted by atomic mass is 16.5. The second kappa shape index (κ2) is 11.3. The van der Waals surface area contributed by atoms with Crippen LogP contribution in [0.1, 0.15) is 30.9 Å². The van der Waals surface area contributed by atoms with Gasteiger partial charge >= 0.3 is 0 Å². The molecule has 2 N–H and O–H groups in total. The van der Waals surface area contributed by atoms with E-state index in [1.807, 2.05) is 38.6 Å². The van der Waals surface area contributed by atoms with Crippen molar-refractivity contribution in [1.29, 1.82) is 0 Å². The molecule has 9 nitrogen and oxygen atoms in total. The molecule has 2 aliphatic heterocycles. The largest absolute Gasteiger partial charge is 0.395 e. The van der Waals surface area contributed by atoms with Crippen LogP contribution >= 0.6 is 0 Å². The van der Waals surface area contributed by atoms with E-state index in [9.17, 15) is 14.7 Å². The summed E-state index contributed by atoms with van der Waals surface area (Å²) in [5, 5.41) is 13.0. The fraction of sp³-hybridized carbons (Fsp3) is 0.640. The fourth-order valence-corrected chi connectivity index (χ4v) is 5.10. The Labute approximate surface area is 201 Å². The molecule has 2 amide bonds. The van der Waals surface area contributed by atoms with Crippen LogP contribution in [0, 0.1) is 17.8 Å². The minimum Gasteiger partial charge on any atom is -0.395 e. The molecule has 186 valence electrons. The topological polar surface area (TPSA) is 99.9 Å². The second-order valence-electron chi connectivity index (χ2n) is 9.80. The minimum atomic E-state index is -0.125. The van der Waals surface area contributed by atoms with Gasteiger partial charge in [-0.25, -0.2) is 4.98 Å². The Hall–Kier alpha value is -2.49. The maximum atomic E-state index is 13.7. The number of aromatic nitrogens is 2. The van der Waals surface area contributed by atoms with Crippen LogP contribution in [0.2, 0.25) is 0 Å². The molecule has 9 heteroatoms. The summed E-state index contributed by atoms with van der Waals surface area (Å²) < 4.78 is 7.20. The number of morpholine rings is 1. The Morgan fingerprint density at radius 2 is 2.00 bits per heavy atom. The van der Waals surface area contributed by atoms with E-state index in [-0.39, 0.29) is 30.3 Å². The average molecular weight is 472 g/mol. The van der Waals surface area contributed by atoms with Gasteiger partial charge in [0.1, 0.15) is 0 Å². The molecule has 2 unspecified atom stereocenters. The van der Waals surface area contributed by atoms with Crippen LogP contribution in [-0.2, 0) is 16.1 Å². The lowest BCUT2D eigenvalue weighted by atomic mass is 9.88. The van der Waals surface area contributed by atoms with Crippen molar-refractivity contribution in [2.45, 2.75) is 26.8 Å². The van der Waals surface area contributed by atoms with E-state index in [0.717, 1.165) is 24.0 Å². The monoisotopic (exact) mass is 471 g/mol. The van der Waals surface area contributed by atoms with Gasteiger partial charge in [-0.15, -0.1) is 0 Å². The molecule has 34 heavy (non-hydrogen) atoms. The highest BCUT2D eigenvalue weighted by molar-refractivity contribution is 5.95. The van der Waals surface area contributed by atoms with Gasteiger partial charge in [0.05, 0.1) is 36.8 Å². The number of aliphatic hydroxyl groups excluding tert-OH is 1. The molecule has 0 radical (unpaired) electrons. The number of amides is 2. The lowest BCUT2D eigenvalue weighted by Gasteiger charge is -2.36. The summed E-state index contributed by atoms with van der Waals surface area (Å²) in [5.74, 6) is 0.823. The lowest BCUT2D eigenvalue weighted by Crippen LogP contribution is -2.51. The number of hydrogen-bond donors (Lipinski definition) is 2. The van der Waals surface area contributed by atoms with Gasteiger partial charge in [-0.2, -0.15) is 0 Å². The summed E-state index contributed by atoms with van der Waals surface area (Å²) in [6.07, 6.45) is 0.762. The van der Waals surface area contributed by atoms with Gasteiger partial charge in [0.2, 0.25) is 5.91 Å².